The number of carbonyl (C=O) groups is 1. The van der Waals surface area contributed by atoms with Crippen LogP contribution in [0.4, 0.5) is 0 Å². The van der Waals surface area contributed by atoms with Crippen LogP contribution >= 0.6 is 11.8 Å². The summed E-state index contributed by atoms with van der Waals surface area (Å²) in [5.41, 5.74) is 3.24. The minimum absolute atomic E-state index is 0.132. The van der Waals surface area contributed by atoms with Gasteiger partial charge in [0.05, 0.1) is 0 Å². The van der Waals surface area contributed by atoms with Crippen molar-refractivity contribution in [2.75, 3.05) is 5.75 Å². The molecule has 1 heterocycles. The second-order valence-electron chi connectivity index (χ2n) is 6.89. The Hall–Kier alpha value is -2.20. The number of hydrogen-bond donors (Lipinski definition) is 1. The first kappa shape index (κ1) is 18.6. The number of hydrogen-bond acceptors (Lipinski definition) is 4. The van der Waals surface area contributed by atoms with Crippen molar-refractivity contribution >= 4 is 23.3 Å². The van der Waals surface area contributed by atoms with Crippen molar-refractivity contribution in [2.24, 2.45) is 5.92 Å². The topological polar surface area (TPSA) is 46.5 Å². The van der Waals surface area contributed by atoms with Crippen molar-refractivity contribution < 1.29 is 14.6 Å². The molecule has 4 heteroatoms. The van der Waals surface area contributed by atoms with E-state index in [1.54, 1.807) is 11.8 Å². The minimum atomic E-state index is -0.430. The molecule has 0 amide bonds. The number of thioether (sulfide) groups is 1. The van der Waals surface area contributed by atoms with E-state index in [-0.39, 0.29) is 17.8 Å². The summed E-state index contributed by atoms with van der Waals surface area (Å²) in [5.74, 6) is 0.673. The highest BCUT2D eigenvalue weighted by molar-refractivity contribution is 7.99. The predicted molar refractivity (Wildman–Crippen MR) is 106 cm³/mol. The minimum Gasteiger partial charge on any atom is -0.511 e. The Labute approximate surface area is 159 Å². The van der Waals surface area contributed by atoms with Gasteiger partial charge in [-0.1, -0.05) is 48.9 Å². The first-order chi connectivity index (χ1) is 12.5. The number of benzene rings is 2. The molecule has 26 heavy (non-hydrogen) atoms. The van der Waals surface area contributed by atoms with E-state index in [0.29, 0.717) is 12.0 Å². The molecule has 3 rings (SSSR count). The van der Waals surface area contributed by atoms with Crippen molar-refractivity contribution in [2.45, 2.75) is 38.2 Å². The van der Waals surface area contributed by atoms with E-state index >= 15 is 0 Å². The largest absolute Gasteiger partial charge is 0.511 e. The van der Waals surface area contributed by atoms with Gasteiger partial charge < -0.3 is 9.84 Å². The third-order valence-electron chi connectivity index (χ3n) is 4.73. The van der Waals surface area contributed by atoms with E-state index in [1.165, 1.54) is 10.5 Å². The summed E-state index contributed by atoms with van der Waals surface area (Å²) in [6.07, 6.45) is 0.0682. The zero-order chi connectivity index (χ0) is 18.7. The molecule has 136 valence electrons. The van der Waals surface area contributed by atoms with Gasteiger partial charge in [-0.05, 0) is 37.1 Å². The van der Waals surface area contributed by atoms with Crippen LogP contribution in [0.1, 0.15) is 30.0 Å². The van der Waals surface area contributed by atoms with Gasteiger partial charge in [-0.15, -0.1) is 11.8 Å². The van der Waals surface area contributed by atoms with Crippen molar-refractivity contribution in [1.82, 2.24) is 0 Å². The average Bonchev–Trinajstić information content (AvgIpc) is 2.62. The Morgan fingerprint density at radius 3 is 2.50 bits per heavy atom. The number of aliphatic hydroxyl groups excluding tert-OH is 1. The van der Waals surface area contributed by atoms with Crippen molar-refractivity contribution in [3.63, 3.8) is 0 Å². The summed E-state index contributed by atoms with van der Waals surface area (Å²) in [7, 11) is 0. The van der Waals surface area contributed by atoms with Crippen LogP contribution in [0, 0.1) is 19.8 Å². The van der Waals surface area contributed by atoms with Gasteiger partial charge in [-0.25, -0.2) is 4.79 Å². The van der Waals surface area contributed by atoms with E-state index < -0.39 is 5.97 Å². The quantitative estimate of drug-likeness (QED) is 0.573. The van der Waals surface area contributed by atoms with Gasteiger partial charge >= 0.3 is 5.97 Å². The molecule has 2 aromatic rings. The lowest BCUT2D eigenvalue weighted by Crippen LogP contribution is -2.32. The Kier molecular flexibility index (Phi) is 5.72. The molecule has 0 aromatic heterocycles. The number of aryl methyl sites for hydroxylation is 2. The number of cyclic esters (lactones) is 1. The molecule has 1 aliphatic rings. The number of aliphatic hydroxyl groups is 1. The Balaban J connectivity index is 1.69. The van der Waals surface area contributed by atoms with Crippen LogP contribution in [-0.2, 0) is 9.53 Å². The van der Waals surface area contributed by atoms with Crippen LogP contribution in [0.3, 0.4) is 0 Å². The maximum atomic E-state index is 12.5. The Morgan fingerprint density at radius 2 is 1.85 bits per heavy atom. The molecule has 3 nitrogen and oxygen atoms in total. The maximum absolute atomic E-state index is 12.5. The lowest BCUT2D eigenvalue weighted by molar-refractivity contribution is -0.145. The molecule has 1 N–H and O–H groups in total. The van der Waals surface area contributed by atoms with Crippen LogP contribution in [0.2, 0.25) is 0 Å². The number of carbonyl (C=O) groups excluding carboxylic acids is 1. The molecule has 0 saturated carbocycles. The molecule has 0 bridgehead atoms. The predicted octanol–water partition coefficient (Wildman–Crippen LogP) is 5.32. The third kappa shape index (κ3) is 4.13. The second kappa shape index (κ2) is 8.00. The van der Waals surface area contributed by atoms with Gasteiger partial charge in [0.25, 0.3) is 0 Å². The number of ether oxygens (including phenoxy) is 1. The molecule has 0 radical (unpaired) electrons. The van der Waals surface area contributed by atoms with Crippen molar-refractivity contribution in [3.05, 3.63) is 71.0 Å². The fraction of sp³-hybridized carbons (Fsp3) is 0.318. The molecule has 0 aliphatic carbocycles. The molecule has 2 unspecified atom stereocenters. The molecule has 0 saturated heterocycles. The van der Waals surface area contributed by atoms with Crippen molar-refractivity contribution in [1.29, 1.82) is 0 Å². The summed E-state index contributed by atoms with van der Waals surface area (Å²) in [4.78, 5) is 13.7. The zero-order valence-electron chi connectivity index (χ0n) is 15.4. The monoisotopic (exact) mass is 368 g/mol. The molecular formula is C22H24O3S. The fourth-order valence-corrected chi connectivity index (χ4v) is 4.05. The normalized spacial score (nSPS) is 18.6. The molecule has 0 spiro atoms. The van der Waals surface area contributed by atoms with Crippen LogP contribution in [0.15, 0.2) is 59.2 Å². The van der Waals surface area contributed by atoms with Gasteiger partial charge in [-0.2, -0.15) is 0 Å². The lowest BCUT2D eigenvalue weighted by atomic mass is 9.93. The van der Waals surface area contributed by atoms with Gasteiger partial charge in [0.1, 0.15) is 17.4 Å². The molecule has 1 aliphatic heterocycles. The van der Waals surface area contributed by atoms with E-state index in [9.17, 15) is 9.90 Å². The first-order valence-corrected chi connectivity index (χ1v) is 9.83. The third-order valence-corrected chi connectivity index (χ3v) is 6.03. The van der Waals surface area contributed by atoms with Gasteiger partial charge in [0, 0.05) is 23.0 Å². The summed E-state index contributed by atoms with van der Waals surface area (Å²) >= 11 is 1.74. The van der Waals surface area contributed by atoms with Gasteiger partial charge in [0.2, 0.25) is 0 Å². The Bertz CT molecular complexity index is 824. The smallest absolute Gasteiger partial charge is 0.342 e. The highest BCUT2D eigenvalue weighted by atomic mass is 32.2. The molecule has 2 aromatic carbocycles. The Morgan fingerprint density at radius 1 is 1.15 bits per heavy atom. The highest BCUT2D eigenvalue weighted by Crippen LogP contribution is 2.33. The maximum Gasteiger partial charge on any atom is 0.342 e. The van der Waals surface area contributed by atoms with Crippen LogP contribution in [0.25, 0.3) is 5.57 Å². The fourth-order valence-electron chi connectivity index (χ4n) is 3.05. The summed E-state index contributed by atoms with van der Waals surface area (Å²) < 4.78 is 5.68. The summed E-state index contributed by atoms with van der Waals surface area (Å²) in [6.45, 7) is 6.06. The summed E-state index contributed by atoms with van der Waals surface area (Å²) in [6, 6.07) is 15.9. The van der Waals surface area contributed by atoms with Crippen LogP contribution in [0.5, 0.6) is 0 Å². The van der Waals surface area contributed by atoms with E-state index in [1.807, 2.05) is 31.2 Å². The molecule has 2 atom stereocenters. The lowest BCUT2D eigenvalue weighted by Gasteiger charge is -2.29. The standard InChI is InChI=1S/C22H24O3S/c1-14-8-10-17(11-9-14)26-13-16(3)20-12-19(23)21(22(24)25-20)18-7-5-4-6-15(18)2/h4-11,16,20,23H,12-13H2,1-3H3. The van der Waals surface area contributed by atoms with Crippen molar-refractivity contribution in [3.8, 4) is 0 Å². The van der Waals surface area contributed by atoms with E-state index in [0.717, 1.165) is 16.9 Å². The number of rotatable bonds is 5. The van der Waals surface area contributed by atoms with E-state index in [2.05, 4.69) is 38.1 Å². The van der Waals surface area contributed by atoms with Crippen LogP contribution in [-0.4, -0.2) is 22.9 Å². The average molecular weight is 368 g/mol. The van der Waals surface area contributed by atoms with Crippen LogP contribution < -0.4 is 0 Å². The number of esters is 1. The van der Waals surface area contributed by atoms with E-state index in [4.69, 9.17) is 4.74 Å². The van der Waals surface area contributed by atoms with Gasteiger partial charge in [-0.3, -0.25) is 0 Å². The summed E-state index contributed by atoms with van der Waals surface area (Å²) in [5, 5.41) is 10.5. The SMILES string of the molecule is Cc1ccc(SCC(C)C2CC(O)=C(c3ccccc3C)C(=O)O2)cc1. The first-order valence-electron chi connectivity index (χ1n) is 8.84. The van der Waals surface area contributed by atoms with Gasteiger partial charge in [0.15, 0.2) is 0 Å². The molecular weight excluding hydrogens is 344 g/mol. The molecule has 0 fully saturated rings. The second-order valence-corrected chi connectivity index (χ2v) is 7.98. The highest BCUT2D eigenvalue weighted by Gasteiger charge is 2.33. The zero-order valence-corrected chi connectivity index (χ0v) is 16.2.